The number of rotatable bonds is 5. The molecule has 0 radical (unpaired) electrons. The van der Waals surface area contributed by atoms with Crippen LogP contribution in [-0.2, 0) is 13.6 Å². The quantitative estimate of drug-likeness (QED) is 0.857. The predicted octanol–water partition coefficient (Wildman–Crippen LogP) is 0.888. The Hall–Kier alpha value is -1.82. The number of hydrogen-bond acceptors (Lipinski definition) is 3. The molecule has 0 aromatic carbocycles. The van der Waals surface area contributed by atoms with E-state index in [4.69, 9.17) is 12.3 Å². The van der Waals surface area contributed by atoms with Crippen LogP contribution < -0.4 is 11.2 Å². The highest BCUT2D eigenvalue weighted by Gasteiger charge is 2.13. The van der Waals surface area contributed by atoms with E-state index in [1.807, 2.05) is 0 Å². The van der Waals surface area contributed by atoms with Gasteiger partial charge in [-0.25, -0.2) is 4.79 Å². The van der Waals surface area contributed by atoms with Crippen LogP contribution in [-0.4, -0.2) is 25.3 Å². The van der Waals surface area contributed by atoms with Gasteiger partial charge in [-0.15, -0.1) is 0 Å². The number of nitrogens with one attached hydrogen (secondary N) is 1. The predicted molar refractivity (Wildman–Crippen MR) is 78.1 cm³/mol. The van der Waals surface area contributed by atoms with E-state index >= 15 is 0 Å². The third-order valence-electron chi connectivity index (χ3n) is 3.00. The summed E-state index contributed by atoms with van der Waals surface area (Å²) in [4.78, 5) is 27.7. The van der Waals surface area contributed by atoms with Gasteiger partial charge >= 0.3 is 5.69 Å². The monoisotopic (exact) mass is 288 g/mol. The van der Waals surface area contributed by atoms with Gasteiger partial charge < -0.3 is 10.1 Å². The Morgan fingerprint density at radius 3 is 3.05 bits per heavy atom. The number of aromatic nitrogens is 3. The minimum Gasteiger partial charge on any atom is -0.393 e. The van der Waals surface area contributed by atoms with Crippen LogP contribution in [0.3, 0.4) is 0 Å². The van der Waals surface area contributed by atoms with Gasteiger partial charge in [0.15, 0.2) is 0 Å². The van der Waals surface area contributed by atoms with E-state index in [1.165, 1.54) is 7.05 Å². The number of H-pyrrole nitrogens is 1. The van der Waals surface area contributed by atoms with Gasteiger partial charge in [-0.05, 0) is 38.5 Å². The number of nitrogens with zero attached hydrogens (tertiary/aromatic N) is 2. The van der Waals surface area contributed by atoms with Crippen LogP contribution in [0.2, 0.25) is 0 Å². The van der Waals surface area contributed by atoms with Crippen molar-refractivity contribution >= 4 is 11.0 Å². The third-order valence-corrected chi connectivity index (χ3v) is 3.00. The zero-order valence-electron chi connectivity index (χ0n) is 19.9. The number of aryl methyl sites for hydroxylation is 2. The number of aliphatic hydroxyl groups excluding tert-OH is 1. The van der Waals surface area contributed by atoms with Crippen LogP contribution in [0.1, 0.15) is 44.0 Å². The van der Waals surface area contributed by atoms with Crippen molar-refractivity contribution in [1.29, 1.82) is 0 Å². The molecule has 20 heavy (non-hydrogen) atoms. The second kappa shape index (κ2) is 5.66. The lowest BCUT2D eigenvalue weighted by Crippen LogP contribution is -2.39. The summed E-state index contributed by atoms with van der Waals surface area (Å²) in [6.07, 6.45) is -5.86. The summed E-state index contributed by atoms with van der Waals surface area (Å²) in [5.41, 5.74) is -2.38. The van der Waals surface area contributed by atoms with Crippen LogP contribution in [0.15, 0.2) is 15.8 Å². The average molecular weight is 288 g/mol. The molecule has 2 aromatic heterocycles. The highest BCUT2D eigenvalue weighted by molar-refractivity contribution is 5.78. The van der Waals surface area contributed by atoms with Crippen molar-refractivity contribution in [3.8, 4) is 0 Å². The Labute approximate surface area is 129 Å². The van der Waals surface area contributed by atoms with E-state index in [0.717, 1.165) is 4.57 Å². The van der Waals surface area contributed by atoms with Crippen molar-refractivity contribution < 1.29 is 17.4 Å². The first-order chi connectivity index (χ1) is 13.0. The lowest BCUT2D eigenvalue weighted by Gasteiger charge is -2.09. The maximum atomic E-state index is 12.8. The maximum absolute atomic E-state index is 12.8. The highest BCUT2D eigenvalue weighted by Crippen LogP contribution is 2.10. The molecule has 2 rings (SSSR count). The molecule has 110 valence electrons. The first-order valence-corrected chi connectivity index (χ1v) is 6.01. The smallest absolute Gasteiger partial charge is 0.332 e. The van der Waals surface area contributed by atoms with Crippen molar-refractivity contribution in [2.75, 3.05) is 0 Å². The normalized spacial score (nSPS) is 21.6. The number of aliphatic hydroxyl groups is 1. The van der Waals surface area contributed by atoms with E-state index in [2.05, 4.69) is 4.98 Å². The van der Waals surface area contributed by atoms with Crippen molar-refractivity contribution in [2.24, 2.45) is 7.05 Å². The van der Waals surface area contributed by atoms with Gasteiger partial charge in [-0.2, -0.15) is 0 Å². The standard InChI is InChI=1S/C14H21N3O3/c1-9-8-15-12-11(9)13(19)17(14(20)16(12)3)7-5-4-6-10(2)18/h8,10,15,18H,4-7H2,1-3H3/i1D3,2D3,6D2,8D. The van der Waals surface area contributed by atoms with Crippen LogP contribution in [0.25, 0.3) is 11.0 Å². The van der Waals surface area contributed by atoms with E-state index in [-0.39, 0.29) is 24.0 Å². The van der Waals surface area contributed by atoms with E-state index < -0.39 is 55.6 Å². The molecule has 0 aliphatic rings. The second-order valence-corrected chi connectivity index (χ2v) is 4.36. The van der Waals surface area contributed by atoms with Gasteiger partial charge in [0.25, 0.3) is 5.56 Å². The summed E-state index contributed by atoms with van der Waals surface area (Å²) in [6, 6.07) is 0. The highest BCUT2D eigenvalue weighted by atomic mass is 16.3. The Morgan fingerprint density at radius 2 is 2.35 bits per heavy atom. The Kier molecular flexibility index (Phi) is 1.91. The fraction of sp³-hybridized carbons (Fsp3) is 0.571. The van der Waals surface area contributed by atoms with E-state index in [9.17, 15) is 14.7 Å². The fourth-order valence-electron chi connectivity index (χ4n) is 2.00. The molecule has 6 heteroatoms. The lowest BCUT2D eigenvalue weighted by atomic mass is 10.2. The van der Waals surface area contributed by atoms with Crippen molar-refractivity contribution in [2.45, 2.75) is 45.6 Å². The average Bonchev–Trinajstić information content (AvgIpc) is 2.92. The summed E-state index contributed by atoms with van der Waals surface area (Å²) < 4.78 is 69.0. The fourth-order valence-corrected chi connectivity index (χ4v) is 2.00. The van der Waals surface area contributed by atoms with Gasteiger partial charge in [0.1, 0.15) is 5.65 Å². The molecule has 2 aromatic rings. The van der Waals surface area contributed by atoms with Crippen molar-refractivity contribution in [3.05, 3.63) is 32.6 Å². The Balaban J connectivity index is 2.45. The van der Waals surface area contributed by atoms with Crippen molar-refractivity contribution in [1.82, 2.24) is 14.1 Å². The lowest BCUT2D eigenvalue weighted by molar-refractivity contribution is 0.180. The Bertz CT molecular complexity index is 1030. The molecule has 2 N–H and O–H groups in total. The Morgan fingerprint density at radius 1 is 1.55 bits per heavy atom. The molecule has 6 nitrogen and oxygen atoms in total. The number of hydrogen-bond donors (Lipinski definition) is 2. The molecule has 2 heterocycles. The van der Waals surface area contributed by atoms with Crippen LogP contribution in [0.4, 0.5) is 0 Å². The molecule has 0 saturated heterocycles. The van der Waals surface area contributed by atoms with E-state index in [0.29, 0.717) is 4.57 Å². The summed E-state index contributed by atoms with van der Waals surface area (Å²) >= 11 is 0. The number of aromatic amines is 1. The minimum atomic E-state index is -2.93. The first kappa shape index (κ1) is 6.76. The zero-order valence-corrected chi connectivity index (χ0v) is 10.9. The molecular formula is C14H21N3O3. The van der Waals surface area contributed by atoms with Crippen LogP contribution >= 0.6 is 0 Å². The van der Waals surface area contributed by atoms with Crippen molar-refractivity contribution in [3.63, 3.8) is 0 Å². The molecular weight excluding hydrogens is 258 g/mol. The minimum absolute atomic E-state index is 0.111. The molecule has 0 saturated carbocycles. The SMILES string of the molecule is [2H]c1[nH]c2c(c1C([2H])([2H])[2H])c(=O)n(CCCC([2H])([2H])C(O)C([2H])([2H])[2H])c(=O)n2C. The second-order valence-electron chi connectivity index (χ2n) is 4.36. The third kappa shape index (κ3) is 2.56. The van der Waals surface area contributed by atoms with Crippen LogP contribution in [0, 0.1) is 6.85 Å². The summed E-state index contributed by atoms with van der Waals surface area (Å²) in [6.45, 7) is -6.03. The molecule has 1 unspecified atom stereocenters. The largest absolute Gasteiger partial charge is 0.393 e. The molecule has 0 aliphatic carbocycles. The van der Waals surface area contributed by atoms with Gasteiger partial charge in [0, 0.05) is 30.7 Å². The number of fused-ring (bicyclic) bond motifs is 1. The molecule has 0 fully saturated rings. The summed E-state index contributed by atoms with van der Waals surface area (Å²) in [7, 11) is 1.29. The van der Waals surface area contributed by atoms with Gasteiger partial charge in [0.2, 0.25) is 0 Å². The van der Waals surface area contributed by atoms with Gasteiger partial charge in [-0.3, -0.25) is 13.9 Å². The van der Waals surface area contributed by atoms with Gasteiger partial charge in [-0.1, -0.05) is 0 Å². The molecule has 0 aliphatic heterocycles. The maximum Gasteiger partial charge on any atom is 0.332 e. The first-order valence-electron chi connectivity index (χ1n) is 10.5. The molecule has 0 spiro atoms. The topological polar surface area (TPSA) is 80.0 Å². The molecule has 0 bridgehead atoms. The summed E-state index contributed by atoms with van der Waals surface area (Å²) in [5.74, 6) is 0. The molecule has 1 atom stereocenters. The van der Waals surface area contributed by atoms with Gasteiger partial charge in [0.05, 0.1) is 12.9 Å². The summed E-state index contributed by atoms with van der Waals surface area (Å²) in [5, 5.41) is 9.34. The van der Waals surface area contributed by atoms with Crippen LogP contribution in [0.5, 0.6) is 0 Å². The molecule has 0 amide bonds. The zero-order chi connectivity index (χ0) is 22.5. The van der Waals surface area contributed by atoms with E-state index in [1.54, 1.807) is 0 Å².